The molecule has 1 aliphatic rings. The summed E-state index contributed by atoms with van der Waals surface area (Å²) >= 11 is 6.08. The van der Waals surface area contributed by atoms with Crippen LogP contribution in [0, 0.1) is 6.92 Å². The molecule has 1 unspecified atom stereocenters. The van der Waals surface area contributed by atoms with Crippen molar-refractivity contribution in [2.75, 3.05) is 0 Å². The van der Waals surface area contributed by atoms with Crippen LogP contribution in [0.15, 0.2) is 6.20 Å². The van der Waals surface area contributed by atoms with E-state index in [-0.39, 0.29) is 5.91 Å². The van der Waals surface area contributed by atoms with Gasteiger partial charge < -0.3 is 5.32 Å². The van der Waals surface area contributed by atoms with E-state index in [0.717, 1.165) is 24.1 Å². The summed E-state index contributed by atoms with van der Waals surface area (Å²) in [6.45, 7) is 1.86. The molecule has 1 fully saturated rings. The molecule has 1 aliphatic carbocycles. The maximum atomic E-state index is 11.7. The third-order valence-electron chi connectivity index (χ3n) is 2.48. The number of hydrogen-bond donors (Lipinski definition) is 1. The first-order valence-corrected chi connectivity index (χ1v) is 5.46. The zero-order chi connectivity index (χ0) is 11.0. The predicted octanol–water partition coefficient (Wildman–Crippen LogP) is 1.29. The van der Waals surface area contributed by atoms with Crippen molar-refractivity contribution in [3.8, 4) is 0 Å². The minimum Gasteiger partial charge on any atom is -0.352 e. The van der Waals surface area contributed by atoms with Gasteiger partial charge in [-0.25, -0.2) is 0 Å². The Kier molecular flexibility index (Phi) is 2.69. The Morgan fingerprint density at radius 1 is 1.73 bits per heavy atom. The Bertz CT molecular complexity index is 384. The van der Waals surface area contributed by atoms with E-state index in [4.69, 9.17) is 11.6 Å². The van der Waals surface area contributed by atoms with Crippen molar-refractivity contribution < 1.29 is 4.79 Å². The Hall–Kier alpha value is -1.03. The van der Waals surface area contributed by atoms with Crippen LogP contribution in [0.25, 0.3) is 0 Å². The summed E-state index contributed by atoms with van der Waals surface area (Å²) in [5.41, 5.74) is 1.60. The molecule has 5 heteroatoms. The average Bonchev–Trinajstić information content (AvgIpc) is 2.90. The molecule has 82 valence electrons. The van der Waals surface area contributed by atoms with E-state index < -0.39 is 5.38 Å². The Morgan fingerprint density at radius 3 is 2.87 bits per heavy atom. The fraction of sp³-hybridized carbons (Fsp3) is 0.600. The zero-order valence-electron chi connectivity index (χ0n) is 8.83. The molecule has 2 rings (SSSR count). The van der Waals surface area contributed by atoms with Crippen LogP contribution in [0.2, 0.25) is 0 Å². The summed E-state index contributed by atoms with van der Waals surface area (Å²) in [5, 5.41) is 6.42. The van der Waals surface area contributed by atoms with E-state index in [1.807, 2.05) is 14.0 Å². The third-order valence-corrected chi connectivity index (χ3v) is 2.91. The van der Waals surface area contributed by atoms with Crippen LogP contribution in [0.5, 0.6) is 0 Å². The highest BCUT2D eigenvalue weighted by Gasteiger charge is 2.28. The van der Waals surface area contributed by atoms with E-state index in [2.05, 4.69) is 10.4 Å². The molecule has 1 heterocycles. The third kappa shape index (κ3) is 2.31. The summed E-state index contributed by atoms with van der Waals surface area (Å²) in [6.07, 6.45) is 3.93. The second kappa shape index (κ2) is 3.85. The molecule has 0 saturated heterocycles. The first-order valence-electron chi connectivity index (χ1n) is 5.02. The van der Waals surface area contributed by atoms with Crippen molar-refractivity contribution in [3.05, 3.63) is 17.5 Å². The first kappa shape index (κ1) is 10.5. The highest BCUT2D eigenvalue weighted by Crippen LogP contribution is 2.26. The van der Waals surface area contributed by atoms with E-state index in [1.54, 1.807) is 10.9 Å². The van der Waals surface area contributed by atoms with Gasteiger partial charge in [-0.1, -0.05) is 0 Å². The number of alkyl halides is 1. The maximum Gasteiger partial charge on any atom is 0.242 e. The van der Waals surface area contributed by atoms with Gasteiger partial charge in [0, 0.05) is 24.8 Å². The van der Waals surface area contributed by atoms with Crippen LogP contribution in [-0.2, 0) is 11.8 Å². The van der Waals surface area contributed by atoms with Gasteiger partial charge >= 0.3 is 0 Å². The number of carbonyl (C=O) groups is 1. The molecule has 4 nitrogen and oxygen atoms in total. The highest BCUT2D eigenvalue weighted by molar-refractivity contribution is 6.30. The molecule has 1 saturated carbocycles. The number of rotatable bonds is 3. The fourth-order valence-electron chi connectivity index (χ4n) is 1.51. The summed E-state index contributed by atoms with van der Waals surface area (Å²) in [4.78, 5) is 11.7. The van der Waals surface area contributed by atoms with E-state index >= 15 is 0 Å². The normalized spacial score (nSPS) is 17.5. The van der Waals surface area contributed by atoms with Crippen LogP contribution in [0.1, 0.15) is 29.5 Å². The van der Waals surface area contributed by atoms with Crippen molar-refractivity contribution in [2.24, 2.45) is 7.05 Å². The highest BCUT2D eigenvalue weighted by atomic mass is 35.5. The molecule has 15 heavy (non-hydrogen) atoms. The lowest BCUT2D eigenvalue weighted by Crippen LogP contribution is -2.28. The second-order valence-electron chi connectivity index (χ2n) is 3.99. The number of carbonyl (C=O) groups excluding carboxylic acids is 1. The molecular formula is C10H14ClN3O. The topological polar surface area (TPSA) is 46.9 Å². The molecule has 0 spiro atoms. The van der Waals surface area contributed by atoms with Crippen molar-refractivity contribution in [3.63, 3.8) is 0 Å². The number of amides is 1. The van der Waals surface area contributed by atoms with Crippen LogP contribution in [0.4, 0.5) is 0 Å². The van der Waals surface area contributed by atoms with Gasteiger partial charge in [0.15, 0.2) is 0 Å². The number of aromatic nitrogens is 2. The molecule has 0 bridgehead atoms. The van der Waals surface area contributed by atoms with Crippen molar-refractivity contribution in [2.45, 2.75) is 31.2 Å². The van der Waals surface area contributed by atoms with Gasteiger partial charge in [0.2, 0.25) is 5.91 Å². The lowest BCUT2D eigenvalue weighted by Gasteiger charge is -2.08. The van der Waals surface area contributed by atoms with Crippen LogP contribution < -0.4 is 5.32 Å². The number of nitrogens with one attached hydrogen (secondary N) is 1. The molecule has 0 aliphatic heterocycles. The summed E-state index contributed by atoms with van der Waals surface area (Å²) in [5.74, 6) is -0.115. The maximum absolute atomic E-state index is 11.7. The molecule has 1 N–H and O–H groups in total. The van der Waals surface area contributed by atoms with Gasteiger partial charge in [0.05, 0.1) is 5.69 Å². The minimum atomic E-state index is -0.626. The van der Waals surface area contributed by atoms with E-state index in [1.165, 1.54) is 0 Å². The van der Waals surface area contributed by atoms with Gasteiger partial charge in [-0.2, -0.15) is 5.10 Å². The molecule has 1 amide bonds. The SMILES string of the molecule is Cc1nn(C)cc1C(Cl)C(=O)NC1CC1. The average molecular weight is 228 g/mol. The van der Waals surface area contributed by atoms with Gasteiger partial charge in [0.25, 0.3) is 0 Å². The van der Waals surface area contributed by atoms with Crippen LogP contribution in [-0.4, -0.2) is 21.7 Å². The fourth-order valence-corrected chi connectivity index (χ4v) is 1.79. The largest absolute Gasteiger partial charge is 0.352 e. The number of aryl methyl sites for hydroxylation is 2. The lowest BCUT2D eigenvalue weighted by molar-refractivity contribution is -0.121. The molecular weight excluding hydrogens is 214 g/mol. The van der Waals surface area contributed by atoms with Crippen LogP contribution in [0.3, 0.4) is 0 Å². The molecule has 1 aromatic rings. The number of nitrogens with zero attached hydrogens (tertiary/aromatic N) is 2. The standard InChI is InChI=1S/C10H14ClN3O/c1-6-8(5-14(2)13-6)9(11)10(15)12-7-3-4-7/h5,7,9H,3-4H2,1-2H3,(H,12,15). The Morgan fingerprint density at radius 2 is 2.40 bits per heavy atom. The Labute approximate surface area is 93.6 Å². The number of halogens is 1. The zero-order valence-corrected chi connectivity index (χ0v) is 9.58. The number of hydrogen-bond acceptors (Lipinski definition) is 2. The minimum absolute atomic E-state index is 0.115. The van der Waals surface area contributed by atoms with Gasteiger partial charge in [-0.05, 0) is 19.8 Å². The van der Waals surface area contributed by atoms with Crippen molar-refractivity contribution >= 4 is 17.5 Å². The van der Waals surface area contributed by atoms with Crippen molar-refractivity contribution in [1.82, 2.24) is 15.1 Å². The van der Waals surface area contributed by atoms with Gasteiger partial charge in [-0.15, -0.1) is 11.6 Å². The molecule has 0 radical (unpaired) electrons. The predicted molar refractivity (Wildman–Crippen MR) is 57.7 cm³/mol. The quantitative estimate of drug-likeness (QED) is 0.791. The van der Waals surface area contributed by atoms with Crippen molar-refractivity contribution in [1.29, 1.82) is 0 Å². The lowest BCUT2D eigenvalue weighted by atomic mass is 10.2. The summed E-state index contributed by atoms with van der Waals surface area (Å²) in [7, 11) is 1.82. The molecule has 1 atom stereocenters. The Balaban J connectivity index is 2.08. The van der Waals surface area contributed by atoms with E-state index in [0.29, 0.717) is 6.04 Å². The second-order valence-corrected chi connectivity index (χ2v) is 4.43. The van der Waals surface area contributed by atoms with Gasteiger partial charge in [0.1, 0.15) is 5.38 Å². The van der Waals surface area contributed by atoms with Gasteiger partial charge in [-0.3, -0.25) is 9.48 Å². The molecule has 1 aromatic heterocycles. The van der Waals surface area contributed by atoms with E-state index in [9.17, 15) is 4.79 Å². The smallest absolute Gasteiger partial charge is 0.242 e. The monoisotopic (exact) mass is 227 g/mol. The first-order chi connectivity index (χ1) is 7.08. The summed E-state index contributed by atoms with van der Waals surface area (Å²) < 4.78 is 1.67. The van der Waals surface area contributed by atoms with Crippen LogP contribution >= 0.6 is 11.6 Å². The molecule has 0 aromatic carbocycles. The summed E-state index contributed by atoms with van der Waals surface area (Å²) in [6, 6.07) is 0.343.